The van der Waals surface area contributed by atoms with E-state index >= 15 is 0 Å². The molecule has 0 bridgehead atoms. The SMILES string of the molecule is CCOC1(C)C=C2c3c(nc(OC)n3CCCS2=O)C1. The van der Waals surface area contributed by atoms with Crippen molar-refractivity contribution in [1.82, 2.24) is 9.55 Å². The van der Waals surface area contributed by atoms with Crippen molar-refractivity contribution in [2.75, 3.05) is 19.5 Å². The molecule has 2 aliphatic rings. The van der Waals surface area contributed by atoms with E-state index in [1.165, 1.54) is 0 Å². The Labute approximate surface area is 121 Å². The van der Waals surface area contributed by atoms with Crippen molar-refractivity contribution in [3.63, 3.8) is 0 Å². The minimum absolute atomic E-state index is 0.429. The second-order valence-electron chi connectivity index (χ2n) is 5.38. The van der Waals surface area contributed by atoms with Gasteiger partial charge in [0, 0.05) is 25.3 Å². The second-order valence-corrected chi connectivity index (χ2v) is 6.92. The van der Waals surface area contributed by atoms with Crippen molar-refractivity contribution >= 4 is 15.7 Å². The molecule has 1 aromatic rings. The highest BCUT2D eigenvalue weighted by Gasteiger charge is 2.37. The third kappa shape index (κ3) is 2.11. The number of aromatic nitrogens is 2. The van der Waals surface area contributed by atoms with Gasteiger partial charge in [-0.3, -0.25) is 8.78 Å². The first-order chi connectivity index (χ1) is 9.58. The zero-order valence-corrected chi connectivity index (χ0v) is 13.0. The molecule has 2 unspecified atom stereocenters. The fourth-order valence-electron chi connectivity index (χ4n) is 3.03. The van der Waals surface area contributed by atoms with Crippen LogP contribution in [0.3, 0.4) is 0 Å². The van der Waals surface area contributed by atoms with E-state index in [1.807, 2.05) is 19.9 Å². The number of nitrogens with zero attached hydrogens (tertiary/aromatic N) is 2. The highest BCUT2D eigenvalue weighted by Crippen LogP contribution is 2.39. The molecule has 1 aromatic heterocycles. The van der Waals surface area contributed by atoms with Gasteiger partial charge >= 0.3 is 0 Å². The summed E-state index contributed by atoms with van der Waals surface area (Å²) in [4.78, 5) is 5.43. The topological polar surface area (TPSA) is 53.4 Å². The molecule has 3 rings (SSSR count). The molecule has 2 atom stereocenters. The van der Waals surface area contributed by atoms with E-state index in [1.54, 1.807) is 7.11 Å². The van der Waals surface area contributed by atoms with Gasteiger partial charge in [0.05, 0.1) is 39.8 Å². The average molecular weight is 296 g/mol. The molecule has 0 amide bonds. The minimum Gasteiger partial charge on any atom is -0.468 e. The highest BCUT2D eigenvalue weighted by molar-refractivity contribution is 7.94. The quantitative estimate of drug-likeness (QED) is 0.852. The number of ether oxygens (including phenoxy) is 2. The molecule has 0 aromatic carbocycles. The monoisotopic (exact) mass is 296 g/mol. The fraction of sp³-hybridized carbons (Fsp3) is 0.643. The molecule has 2 heterocycles. The van der Waals surface area contributed by atoms with Gasteiger partial charge < -0.3 is 9.47 Å². The lowest BCUT2D eigenvalue weighted by atomic mass is 9.93. The van der Waals surface area contributed by atoms with E-state index in [0.717, 1.165) is 29.3 Å². The largest absolute Gasteiger partial charge is 0.468 e. The second kappa shape index (κ2) is 5.00. The summed E-state index contributed by atoms with van der Waals surface area (Å²) in [5.41, 5.74) is 1.49. The van der Waals surface area contributed by atoms with Crippen molar-refractivity contribution in [3.05, 3.63) is 17.5 Å². The first-order valence-electron chi connectivity index (χ1n) is 6.97. The van der Waals surface area contributed by atoms with E-state index in [4.69, 9.17) is 9.47 Å². The van der Waals surface area contributed by atoms with E-state index in [-0.39, 0.29) is 0 Å². The van der Waals surface area contributed by atoms with Gasteiger partial charge in [-0.2, -0.15) is 4.98 Å². The standard InChI is InChI=1S/C14H20N2O3S/c1-4-19-14(2)8-10-12-11(9-14)20(17)7-5-6-16(12)13(15-10)18-3/h9H,4-8H2,1-3H3. The van der Waals surface area contributed by atoms with Crippen LogP contribution in [-0.4, -0.2) is 38.8 Å². The lowest BCUT2D eigenvalue weighted by Gasteiger charge is -2.30. The zero-order valence-electron chi connectivity index (χ0n) is 12.1. The molecule has 6 heteroatoms. The Bertz CT molecular complexity index is 593. The van der Waals surface area contributed by atoms with E-state index < -0.39 is 16.4 Å². The van der Waals surface area contributed by atoms with Gasteiger partial charge in [0.1, 0.15) is 0 Å². The van der Waals surface area contributed by atoms with Crippen LogP contribution in [0.4, 0.5) is 0 Å². The summed E-state index contributed by atoms with van der Waals surface area (Å²) in [7, 11) is 0.639. The Morgan fingerprint density at radius 1 is 1.55 bits per heavy atom. The number of hydrogen-bond donors (Lipinski definition) is 0. The molecule has 1 aliphatic carbocycles. The first-order valence-corrected chi connectivity index (χ1v) is 8.29. The number of hydrogen-bond acceptors (Lipinski definition) is 4. The summed E-state index contributed by atoms with van der Waals surface area (Å²) < 4.78 is 25.8. The van der Waals surface area contributed by atoms with Gasteiger partial charge in [-0.25, -0.2) is 0 Å². The number of methoxy groups -OCH3 is 1. The summed E-state index contributed by atoms with van der Waals surface area (Å²) in [5.74, 6) is 0.679. The van der Waals surface area contributed by atoms with Gasteiger partial charge in [-0.15, -0.1) is 0 Å². The molecular formula is C14H20N2O3S. The van der Waals surface area contributed by atoms with E-state index in [0.29, 0.717) is 24.8 Å². The van der Waals surface area contributed by atoms with Crippen molar-refractivity contribution < 1.29 is 13.7 Å². The Morgan fingerprint density at radius 3 is 3.05 bits per heavy atom. The van der Waals surface area contributed by atoms with Crippen LogP contribution in [0.2, 0.25) is 0 Å². The normalized spacial score (nSPS) is 28.6. The zero-order chi connectivity index (χ0) is 14.3. The molecule has 110 valence electrons. The predicted molar refractivity (Wildman–Crippen MR) is 78.1 cm³/mol. The first kappa shape index (κ1) is 13.8. The van der Waals surface area contributed by atoms with Gasteiger partial charge in [-0.05, 0) is 26.3 Å². The van der Waals surface area contributed by atoms with Crippen LogP contribution >= 0.6 is 0 Å². The van der Waals surface area contributed by atoms with Gasteiger partial charge in [0.25, 0.3) is 6.01 Å². The van der Waals surface area contributed by atoms with Crippen LogP contribution in [0, 0.1) is 0 Å². The molecule has 0 N–H and O–H groups in total. The lowest BCUT2D eigenvalue weighted by molar-refractivity contribution is 0.0130. The van der Waals surface area contributed by atoms with Crippen LogP contribution in [0.25, 0.3) is 4.91 Å². The minimum atomic E-state index is -0.990. The molecule has 1 aliphatic heterocycles. The average Bonchev–Trinajstić information content (AvgIpc) is 2.66. The molecule has 0 fully saturated rings. The Morgan fingerprint density at radius 2 is 2.35 bits per heavy atom. The van der Waals surface area contributed by atoms with Crippen LogP contribution in [0.1, 0.15) is 31.7 Å². The Kier molecular flexibility index (Phi) is 3.46. The van der Waals surface area contributed by atoms with Crippen LogP contribution in [0.15, 0.2) is 6.08 Å². The molecular weight excluding hydrogens is 276 g/mol. The molecule has 0 saturated heterocycles. The van der Waals surface area contributed by atoms with Crippen LogP contribution < -0.4 is 4.74 Å². The van der Waals surface area contributed by atoms with E-state index in [2.05, 4.69) is 9.55 Å². The Hall–Kier alpha value is -1.14. The van der Waals surface area contributed by atoms with Crippen molar-refractivity contribution in [1.29, 1.82) is 0 Å². The fourth-order valence-corrected chi connectivity index (χ4v) is 4.47. The van der Waals surface area contributed by atoms with Gasteiger partial charge in [0.15, 0.2) is 0 Å². The predicted octanol–water partition coefficient (Wildman–Crippen LogP) is 1.74. The molecule has 5 nitrogen and oxygen atoms in total. The maximum Gasteiger partial charge on any atom is 0.296 e. The smallest absolute Gasteiger partial charge is 0.296 e. The number of rotatable bonds is 3. The van der Waals surface area contributed by atoms with Crippen LogP contribution in [-0.2, 0) is 28.5 Å². The van der Waals surface area contributed by atoms with Gasteiger partial charge in [-0.1, -0.05) is 0 Å². The van der Waals surface area contributed by atoms with E-state index in [9.17, 15) is 4.21 Å². The van der Waals surface area contributed by atoms with Crippen molar-refractivity contribution in [3.8, 4) is 6.01 Å². The summed E-state index contributed by atoms with van der Waals surface area (Å²) in [6, 6.07) is 0.612. The molecule has 0 radical (unpaired) electrons. The lowest BCUT2D eigenvalue weighted by Crippen LogP contribution is -2.33. The third-order valence-electron chi connectivity index (χ3n) is 3.81. The maximum atomic E-state index is 12.5. The van der Waals surface area contributed by atoms with Crippen LogP contribution in [0.5, 0.6) is 6.01 Å². The summed E-state index contributed by atoms with van der Waals surface area (Å²) in [6.45, 7) is 5.43. The summed E-state index contributed by atoms with van der Waals surface area (Å²) in [6.07, 6.45) is 3.59. The number of imidazole rings is 1. The maximum absolute atomic E-state index is 12.5. The Balaban J connectivity index is 2.17. The highest BCUT2D eigenvalue weighted by atomic mass is 32.2. The van der Waals surface area contributed by atoms with Crippen molar-refractivity contribution in [2.45, 2.75) is 38.8 Å². The third-order valence-corrected chi connectivity index (χ3v) is 5.27. The summed E-state index contributed by atoms with van der Waals surface area (Å²) in [5, 5.41) is 0. The molecule has 0 saturated carbocycles. The summed E-state index contributed by atoms with van der Waals surface area (Å²) >= 11 is 0. The van der Waals surface area contributed by atoms with Crippen molar-refractivity contribution in [2.24, 2.45) is 0 Å². The van der Waals surface area contributed by atoms with Gasteiger partial charge in [0.2, 0.25) is 0 Å². The molecule has 20 heavy (non-hydrogen) atoms. The molecule has 0 spiro atoms.